The number of hydrogen-bond acceptors (Lipinski definition) is 2. The zero-order valence-corrected chi connectivity index (χ0v) is 8.94. The van der Waals surface area contributed by atoms with E-state index in [0.29, 0.717) is 0 Å². The number of aliphatic hydroxyl groups excluding tert-OH is 1. The molecular formula is C12H14N2O. The highest BCUT2D eigenvalue weighted by molar-refractivity contribution is 5.65. The van der Waals surface area contributed by atoms with Gasteiger partial charge in [0.2, 0.25) is 0 Å². The molecule has 1 N–H and O–H groups in total. The van der Waals surface area contributed by atoms with Crippen LogP contribution in [0.2, 0.25) is 0 Å². The van der Waals surface area contributed by atoms with Crippen molar-refractivity contribution in [2.75, 3.05) is 0 Å². The lowest BCUT2D eigenvalue weighted by atomic mass is 10.0. The maximum Gasteiger partial charge on any atom is 0.0953 e. The summed E-state index contributed by atoms with van der Waals surface area (Å²) >= 11 is 0. The van der Waals surface area contributed by atoms with E-state index in [1.807, 2.05) is 42.8 Å². The van der Waals surface area contributed by atoms with Gasteiger partial charge in [-0.05, 0) is 12.5 Å². The minimum atomic E-state index is 0.0478. The minimum Gasteiger partial charge on any atom is -0.392 e. The SMILES string of the molecule is Cc1c(-c2ccccc2CO)ncn1C. The van der Waals surface area contributed by atoms with Crippen LogP contribution in [0.3, 0.4) is 0 Å². The predicted molar refractivity (Wildman–Crippen MR) is 59.3 cm³/mol. The third-order valence-electron chi connectivity index (χ3n) is 2.67. The highest BCUT2D eigenvalue weighted by Gasteiger charge is 2.09. The third-order valence-corrected chi connectivity index (χ3v) is 2.67. The molecule has 0 unspecified atom stereocenters. The summed E-state index contributed by atoms with van der Waals surface area (Å²) in [6.07, 6.45) is 1.79. The lowest BCUT2D eigenvalue weighted by molar-refractivity contribution is 0.282. The zero-order chi connectivity index (χ0) is 10.8. The standard InChI is InChI=1S/C12H14N2O/c1-9-12(13-8-14(9)2)11-6-4-3-5-10(11)7-15/h3-6,8,15H,7H2,1-2H3. The van der Waals surface area contributed by atoms with Crippen molar-refractivity contribution in [1.29, 1.82) is 0 Å². The van der Waals surface area contributed by atoms with E-state index in [1.54, 1.807) is 6.33 Å². The van der Waals surface area contributed by atoms with Gasteiger partial charge in [-0.25, -0.2) is 4.98 Å². The Morgan fingerprint density at radius 3 is 2.67 bits per heavy atom. The molecule has 78 valence electrons. The lowest BCUT2D eigenvalue weighted by Gasteiger charge is -2.05. The molecule has 1 aromatic heterocycles. The van der Waals surface area contributed by atoms with Crippen molar-refractivity contribution in [3.05, 3.63) is 41.9 Å². The quantitative estimate of drug-likeness (QED) is 0.807. The lowest BCUT2D eigenvalue weighted by Crippen LogP contribution is -1.92. The molecule has 0 saturated heterocycles. The summed E-state index contributed by atoms with van der Waals surface area (Å²) in [5.74, 6) is 0. The molecule has 0 radical (unpaired) electrons. The Kier molecular flexibility index (Phi) is 2.56. The van der Waals surface area contributed by atoms with Crippen molar-refractivity contribution in [3.63, 3.8) is 0 Å². The van der Waals surface area contributed by atoms with Gasteiger partial charge in [-0.15, -0.1) is 0 Å². The van der Waals surface area contributed by atoms with Gasteiger partial charge in [0.15, 0.2) is 0 Å². The van der Waals surface area contributed by atoms with Crippen molar-refractivity contribution >= 4 is 0 Å². The number of hydrogen-bond donors (Lipinski definition) is 1. The Bertz CT molecular complexity index is 474. The van der Waals surface area contributed by atoms with Crippen LogP contribution in [0.4, 0.5) is 0 Å². The van der Waals surface area contributed by atoms with Crippen LogP contribution in [-0.2, 0) is 13.7 Å². The van der Waals surface area contributed by atoms with Gasteiger partial charge in [-0.3, -0.25) is 0 Å². The van der Waals surface area contributed by atoms with Crippen LogP contribution in [0.5, 0.6) is 0 Å². The third kappa shape index (κ3) is 1.66. The van der Waals surface area contributed by atoms with Gasteiger partial charge in [0, 0.05) is 18.3 Å². The van der Waals surface area contributed by atoms with Crippen LogP contribution in [-0.4, -0.2) is 14.7 Å². The van der Waals surface area contributed by atoms with Crippen LogP contribution in [0.15, 0.2) is 30.6 Å². The Labute approximate surface area is 89.0 Å². The molecule has 0 fully saturated rings. The van der Waals surface area contributed by atoms with Crippen LogP contribution >= 0.6 is 0 Å². The van der Waals surface area contributed by atoms with Gasteiger partial charge in [0.1, 0.15) is 0 Å². The molecular weight excluding hydrogens is 188 g/mol. The molecule has 3 nitrogen and oxygen atoms in total. The first-order valence-corrected chi connectivity index (χ1v) is 4.91. The van der Waals surface area contributed by atoms with Gasteiger partial charge in [-0.2, -0.15) is 0 Å². The predicted octanol–water partition coefficient (Wildman–Crippen LogP) is 1.89. The fourth-order valence-corrected chi connectivity index (χ4v) is 1.65. The second-order valence-corrected chi connectivity index (χ2v) is 3.60. The van der Waals surface area contributed by atoms with Gasteiger partial charge < -0.3 is 9.67 Å². The van der Waals surface area contributed by atoms with E-state index in [0.717, 1.165) is 22.5 Å². The van der Waals surface area contributed by atoms with Crippen molar-refractivity contribution in [2.24, 2.45) is 7.05 Å². The van der Waals surface area contributed by atoms with E-state index in [1.165, 1.54) is 0 Å². The van der Waals surface area contributed by atoms with E-state index in [4.69, 9.17) is 0 Å². The molecule has 0 saturated carbocycles. The molecule has 0 atom stereocenters. The van der Waals surface area contributed by atoms with Crippen LogP contribution in [0.25, 0.3) is 11.3 Å². The molecule has 0 bridgehead atoms. The second-order valence-electron chi connectivity index (χ2n) is 3.60. The monoisotopic (exact) mass is 202 g/mol. The largest absolute Gasteiger partial charge is 0.392 e. The summed E-state index contributed by atoms with van der Waals surface area (Å²) in [7, 11) is 1.97. The summed E-state index contributed by atoms with van der Waals surface area (Å²) in [5.41, 5.74) is 3.98. The maximum absolute atomic E-state index is 9.24. The molecule has 0 aliphatic heterocycles. The molecule has 0 aliphatic carbocycles. The summed E-state index contributed by atoms with van der Waals surface area (Å²) < 4.78 is 1.98. The Morgan fingerprint density at radius 2 is 2.07 bits per heavy atom. The van der Waals surface area contributed by atoms with Crippen LogP contribution in [0.1, 0.15) is 11.3 Å². The Morgan fingerprint density at radius 1 is 1.33 bits per heavy atom. The first-order valence-electron chi connectivity index (χ1n) is 4.91. The van der Waals surface area contributed by atoms with E-state index in [-0.39, 0.29) is 6.61 Å². The minimum absolute atomic E-state index is 0.0478. The summed E-state index contributed by atoms with van der Waals surface area (Å²) in [4.78, 5) is 4.35. The number of aromatic nitrogens is 2. The van der Waals surface area contributed by atoms with Gasteiger partial charge in [0.05, 0.1) is 18.6 Å². The summed E-state index contributed by atoms with van der Waals surface area (Å²) in [6.45, 7) is 2.07. The summed E-state index contributed by atoms with van der Waals surface area (Å²) in [5, 5.41) is 9.24. The van der Waals surface area contributed by atoms with Crippen molar-refractivity contribution in [1.82, 2.24) is 9.55 Å². The zero-order valence-electron chi connectivity index (χ0n) is 8.94. The number of nitrogens with zero attached hydrogens (tertiary/aromatic N) is 2. The van der Waals surface area contributed by atoms with Crippen LogP contribution < -0.4 is 0 Å². The Hall–Kier alpha value is -1.61. The van der Waals surface area contributed by atoms with Gasteiger partial charge in [-0.1, -0.05) is 24.3 Å². The van der Waals surface area contributed by atoms with E-state index in [9.17, 15) is 5.11 Å². The summed E-state index contributed by atoms with van der Waals surface area (Å²) in [6, 6.07) is 7.79. The topological polar surface area (TPSA) is 38.1 Å². The van der Waals surface area contributed by atoms with E-state index < -0.39 is 0 Å². The van der Waals surface area contributed by atoms with Gasteiger partial charge in [0.25, 0.3) is 0 Å². The molecule has 0 aliphatic rings. The van der Waals surface area contributed by atoms with E-state index >= 15 is 0 Å². The fourth-order valence-electron chi connectivity index (χ4n) is 1.65. The number of aryl methyl sites for hydroxylation is 1. The first kappa shape index (κ1) is 9.93. The average molecular weight is 202 g/mol. The van der Waals surface area contributed by atoms with E-state index in [2.05, 4.69) is 4.98 Å². The van der Waals surface area contributed by atoms with Crippen molar-refractivity contribution in [3.8, 4) is 11.3 Å². The molecule has 2 aromatic rings. The molecule has 0 amide bonds. The molecule has 15 heavy (non-hydrogen) atoms. The fraction of sp³-hybridized carbons (Fsp3) is 0.250. The molecule has 1 heterocycles. The Balaban J connectivity index is 2.58. The number of benzene rings is 1. The normalized spacial score (nSPS) is 10.6. The average Bonchev–Trinajstić information content (AvgIpc) is 2.60. The smallest absolute Gasteiger partial charge is 0.0953 e. The van der Waals surface area contributed by atoms with Gasteiger partial charge >= 0.3 is 0 Å². The van der Waals surface area contributed by atoms with Crippen molar-refractivity contribution < 1.29 is 5.11 Å². The van der Waals surface area contributed by atoms with Crippen molar-refractivity contribution in [2.45, 2.75) is 13.5 Å². The number of rotatable bonds is 2. The molecule has 0 spiro atoms. The van der Waals surface area contributed by atoms with Crippen LogP contribution in [0, 0.1) is 6.92 Å². The first-order chi connectivity index (χ1) is 7.24. The maximum atomic E-state index is 9.24. The molecule has 3 heteroatoms. The second kappa shape index (κ2) is 3.87. The molecule has 2 rings (SSSR count). The number of imidazole rings is 1. The highest BCUT2D eigenvalue weighted by Crippen LogP contribution is 2.24. The number of aliphatic hydroxyl groups is 1. The molecule has 1 aromatic carbocycles. The highest BCUT2D eigenvalue weighted by atomic mass is 16.3.